The Morgan fingerprint density at radius 3 is 2.74 bits per heavy atom. The Labute approximate surface area is 152 Å². The molecule has 1 fully saturated rings. The van der Waals surface area contributed by atoms with Crippen LogP contribution in [0.3, 0.4) is 0 Å². The first-order valence-corrected chi connectivity index (χ1v) is 8.05. The highest BCUT2D eigenvalue weighted by Crippen LogP contribution is 2.44. The van der Waals surface area contributed by atoms with Crippen molar-refractivity contribution in [2.75, 3.05) is 0 Å². The fraction of sp³-hybridized carbons (Fsp3) is 0.375. The van der Waals surface area contributed by atoms with E-state index < -0.39 is 34.9 Å². The first-order chi connectivity index (χ1) is 12.8. The van der Waals surface area contributed by atoms with Gasteiger partial charge in [-0.3, -0.25) is 14.9 Å². The maximum Gasteiger partial charge on any atom is 0.355 e. The zero-order valence-electron chi connectivity index (χ0n) is 14.2. The molecule has 3 atom stereocenters. The molecule has 1 aromatic rings. The van der Waals surface area contributed by atoms with Gasteiger partial charge in [-0.1, -0.05) is 5.11 Å². The van der Waals surface area contributed by atoms with E-state index in [-0.39, 0.29) is 30.1 Å². The Kier molecular flexibility index (Phi) is 4.80. The monoisotopic (exact) mass is 373 g/mol. The molecule has 0 aromatic heterocycles. The van der Waals surface area contributed by atoms with Crippen molar-refractivity contribution in [3.8, 4) is 0 Å². The summed E-state index contributed by atoms with van der Waals surface area (Å²) in [4.78, 5) is 38.7. The summed E-state index contributed by atoms with van der Waals surface area (Å²) >= 11 is 0. The molecule has 0 spiro atoms. The Hall–Kier alpha value is -3.43. The normalized spacial score (nSPS) is 21.9. The number of azide groups is 1. The Morgan fingerprint density at radius 2 is 2.19 bits per heavy atom. The minimum absolute atomic E-state index is 0.0904. The standard InChI is InChI=1S/C16H15N5O6/c1-8(22)13-12-6-11(18-19-17)14(20(12)15(13)23)16(24)27-7-9-2-4-10(5-3-9)21(25)26/h2-5,8,12-13,22H,6-7H2,1H3/t8-,12-,13-/m1/s1. The summed E-state index contributed by atoms with van der Waals surface area (Å²) in [7, 11) is 0. The number of aliphatic hydroxyl groups is 1. The number of benzene rings is 1. The molecule has 1 N–H and O–H groups in total. The lowest BCUT2D eigenvalue weighted by molar-refractivity contribution is -0.384. The minimum atomic E-state index is -0.887. The number of β-lactam (4-membered cyclic amide) rings is 1. The van der Waals surface area contributed by atoms with Crippen LogP contribution >= 0.6 is 0 Å². The number of fused-ring (bicyclic) bond motifs is 1. The van der Waals surface area contributed by atoms with E-state index in [4.69, 9.17) is 10.3 Å². The molecule has 140 valence electrons. The van der Waals surface area contributed by atoms with Crippen LogP contribution in [0, 0.1) is 16.0 Å². The number of hydrogen-bond acceptors (Lipinski definition) is 7. The van der Waals surface area contributed by atoms with Crippen LogP contribution in [0.5, 0.6) is 0 Å². The van der Waals surface area contributed by atoms with Gasteiger partial charge in [0.2, 0.25) is 5.91 Å². The van der Waals surface area contributed by atoms with E-state index in [0.717, 1.165) is 0 Å². The van der Waals surface area contributed by atoms with E-state index in [1.807, 2.05) is 0 Å². The quantitative estimate of drug-likeness (QED) is 0.152. The second kappa shape index (κ2) is 7.06. The molecule has 1 saturated heterocycles. The van der Waals surface area contributed by atoms with Crippen LogP contribution in [0.1, 0.15) is 18.9 Å². The first kappa shape index (κ1) is 18.4. The Morgan fingerprint density at radius 1 is 1.52 bits per heavy atom. The lowest BCUT2D eigenvalue weighted by Crippen LogP contribution is -2.61. The second-order valence-corrected chi connectivity index (χ2v) is 6.23. The predicted octanol–water partition coefficient (Wildman–Crippen LogP) is 1.77. The molecule has 0 aliphatic carbocycles. The molecule has 3 rings (SSSR count). The number of esters is 1. The number of nitrogens with zero attached hydrogens (tertiary/aromatic N) is 5. The number of carbonyl (C=O) groups excluding carboxylic acids is 2. The van der Waals surface area contributed by atoms with Crippen LogP contribution in [0.15, 0.2) is 40.8 Å². The molecule has 0 unspecified atom stereocenters. The van der Waals surface area contributed by atoms with Crippen molar-refractivity contribution in [2.45, 2.75) is 32.1 Å². The van der Waals surface area contributed by atoms with Crippen molar-refractivity contribution in [3.05, 3.63) is 61.8 Å². The van der Waals surface area contributed by atoms with Crippen LogP contribution < -0.4 is 0 Å². The zero-order valence-corrected chi connectivity index (χ0v) is 14.2. The molecule has 11 heteroatoms. The number of non-ortho nitro benzene ring substituents is 1. The molecule has 0 bridgehead atoms. The topological polar surface area (TPSA) is 159 Å². The average Bonchev–Trinajstić information content (AvgIpc) is 2.94. The van der Waals surface area contributed by atoms with Gasteiger partial charge < -0.3 is 14.7 Å². The van der Waals surface area contributed by atoms with Gasteiger partial charge in [0.05, 0.1) is 23.0 Å². The third-order valence-corrected chi connectivity index (χ3v) is 4.58. The number of amides is 1. The predicted molar refractivity (Wildman–Crippen MR) is 89.5 cm³/mol. The van der Waals surface area contributed by atoms with Crippen molar-refractivity contribution < 1.29 is 24.4 Å². The van der Waals surface area contributed by atoms with E-state index in [9.17, 15) is 24.8 Å². The SMILES string of the molecule is C[C@@H](O)[C@H]1C(=O)N2C(C(=O)OCc3ccc([N+](=O)[O-])cc3)=C(N=[N+]=[N-])C[C@H]12. The Balaban J connectivity index is 1.74. The van der Waals surface area contributed by atoms with Gasteiger partial charge in [0.1, 0.15) is 12.3 Å². The van der Waals surface area contributed by atoms with E-state index in [1.165, 1.54) is 36.1 Å². The van der Waals surface area contributed by atoms with Crippen molar-refractivity contribution in [1.29, 1.82) is 0 Å². The lowest BCUT2D eigenvalue weighted by Gasteiger charge is -2.44. The highest BCUT2D eigenvalue weighted by molar-refractivity contribution is 6.00. The fourth-order valence-corrected chi connectivity index (χ4v) is 3.31. The van der Waals surface area contributed by atoms with Gasteiger partial charge in [0.15, 0.2) is 0 Å². The van der Waals surface area contributed by atoms with Crippen molar-refractivity contribution in [2.24, 2.45) is 11.0 Å². The van der Waals surface area contributed by atoms with Crippen molar-refractivity contribution >= 4 is 17.6 Å². The van der Waals surface area contributed by atoms with E-state index in [2.05, 4.69) is 10.0 Å². The smallest absolute Gasteiger partial charge is 0.355 e. The molecule has 27 heavy (non-hydrogen) atoms. The number of hydrogen-bond donors (Lipinski definition) is 1. The number of nitro groups is 1. The summed E-state index contributed by atoms with van der Waals surface area (Å²) in [6.45, 7) is 1.31. The maximum absolute atomic E-state index is 12.5. The number of rotatable bonds is 6. The highest BCUT2D eigenvalue weighted by Gasteiger charge is 2.56. The van der Waals surface area contributed by atoms with Crippen LogP contribution in [0.25, 0.3) is 10.4 Å². The summed E-state index contributed by atoms with van der Waals surface area (Å²) in [6, 6.07) is 5.02. The highest BCUT2D eigenvalue weighted by atomic mass is 16.6. The van der Waals surface area contributed by atoms with Gasteiger partial charge in [0, 0.05) is 22.7 Å². The molecule has 0 saturated carbocycles. The van der Waals surface area contributed by atoms with Crippen LogP contribution in [-0.2, 0) is 20.9 Å². The second-order valence-electron chi connectivity index (χ2n) is 6.23. The summed E-state index contributed by atoms with van der Waals surface area (Å²) in [6.07, 6.45) is -0.727. The molecule has 1 amide bonds. The summed E-state index contributed by atoms with van der Waals surface area (Å²) in [5, 5.41) is 23.8. The van der Waals surface area contributed by atoms with Gasteiger partial charge >= 0.3 is 5.97 Å². The van der Waals surface area contributed by atoms with Gasteiger partial charge in [-0.15, -0.1) is 0 Å². The zero-order chi connectivity index (χ0) is 19.7. The molecular formula is C16H15N5O6. The van der Waals surface area contributed by atoms with E-state index in [0.29, 0.717) is 5.56 Å². The van der Waals surface area contributed by atoms with Gasteiger partial charge in [-0.2, -0.15) is 0 Å². The van der Waals surface area contributed by atoms with E-state index >= 15 is 0 Å². The molecule has 2 aliphatic heterocycles. The third-order valence-electron chi connectivity index (χ3n) is 4.58. The number of carbonyl (C=O) groups is 2. The van der Waals surface area contributed by atoms with Crippen LogP contribution in [-0.4, -0.2) is 39.0 Å². The number of aliphatic hydroxyl groups excluding tert-OH is 1. The molecule has 2 aliphatic rings. The molecule has 2 heterocycles. The van der Waals surface area contributed by atoms with Gasteiger partial charge in [0.25, 0.3) is 5.69 Å². The molecule has 1 aromatic carbocycles. The molecule has 11 nitrogen and oxygen atoms in total. The van der Waals surface area contributed by atoms with Gasteiger partial charge in [-0.05, 0) is 36.6 Å². The largest absolute Gasteiger partial charge is 0.456 e. The molecule has 0 radical (unpaired) electrons. The van der Waals surface area contributed by atoms with Crippen molar-refractivity contribution in [1.82, 2.24) is 4.90 Å². The van der Waals surface area contributed by atoms with E-state index in [1.54, 1.807) is 0 Å². The Bertz CT molecular complexity index is 887. The minimum Gasteiger partial charge on any atom is -0.456 e. The molecular weight excluding hydrogens is 358 g/mol. The fourth-order valence-electron chi connectivity index (χ4n) is 3.31. The van der Waals surface area contributed by atoms with Gasteiger partial charge in [-0.25, -0.2) is 4.79 Å². The third kappa shape index (κ3) is 3.21. The summed E-state index contributed by atoms with van der Waals surface area (Å²) in [5.41, 5.74) is 9.10. The maximum atomic E-state index is 12.5. The summed E-state index contributed by atoms with van der Waals surface area (Å²) < 4.78 is 5.18. The average molecular weight is 373 g/mol. The summed E-state index contributed by atoms with van der Waals surface area (Å²) in [5.74, 6) is -1.93. The number of ether oxygens (including phenoxy) is 1. The van der Waals surface area contributed by atoms with Crippen LogP contribution in [0.4, 0.5) is 5.69 Å². The van der Waals surface area contributed by atoms with Crippen LogP contribution in [0.2, 0.25) is 0 Å². The number of nitro benzene ring substituents is 1. The van der Waals surface area contributed by atoms with Crippen molar-refractivity contribution in [3.63, 3.8) is 0 Å². The first-order valence-electron chi connectivity index (χ1n) is 8.05. The lowest BCUT2D eigenvalue weighted by atomic mass is 9.83.